The SMILES string of the molecule is COc1cc(C=CC(=O)OCC2OC(OC3C(Oc4cc5c(OC6OC(CO)C(O)C(O)C6O)cc(O)cc5[o+]c4-c4ccc(O)cc4)OC(COC(=O)C=Cc4ccc(O)cc4)C(O)C3O)C(O)C(O)C2O)ccc1O. The minimum Gasteiger partial charge on any atom is -0.508 e. The number of benzene rings is 4. The maximum absolute atomic E-state index is 12.9. The molecule has 15 unspecified atom stereocenters. The smallest absolute Gasteiger partial charge is 0.402 e. The van der Waals surface area contributed by atoms with Crippen molar-refractivity contribution in [3.8, 4) is 51.6 Å². The summed E-state index contributed by atoms with van der Waals surface area (Å²) in [5, 5.41) is 139. The molecular weight excluding hydrogens is 1020 g/mol. The van der Waals surface area contributed by atoms with Crippen LogP contribution in [-0.4, -0.2) is 197 Å². The van der Waals surface area contributed by atoms with E-state index < -0.39 is 130 Å². The second-order valence-electron chi connectivity index (χ2n) is 17.9. The Morgan fingerprint density at radius 1 is 0.545 bits per heavy atom. The highest BCUT2D eigenvalue weighted by Crippen LogP contribution is 2.43. The van der Waals surface area contributed by atoms with Crippen molar-refractivity contribution in [2.24, 2.45) is 0 Å². The summed E-state index contributed by atoms with van der Waals surface area (Å²) in [6, 6.07) is 18.9. The number of hydrogen-bond donors (Lipinski definition) is 13. The first kappa shape index (κ1) is 56.0. The number of methoxy groups -OCH3 is 1. The quantitative estimate of drug-likeness (QED) is 0.0329. The molecule has 0 spiro atoms. The third kappa shape index (κ3) is 13.0. The van der Waals surface area contributed by atoms with Gasteiger partial charge in [-0.3, -0.25) is 0 Å². The molecule has 4 aromatic carbocycles. The van der Waals surface area contributed by atoms with Gasteiger partial charge in [0, 0.05) is 24.3 Å². The highest BCUT2D eigenvalue weighted by Gasteiger charge is 2.53. The number of phenolic OH excluding ortho intramolecular Hbond substituents is 4. The van der Waals surface area contributed by atoms with Crippen LogP contribution in [0, 0.1) is 0 Å². The van der Waals surface area contributed by atoms with Gasteiger partial charge in [-0.15, -0.1) is 0 Å². The predicted octanol–water partition coefficient (Wildman–Crippen LogP) is -0.0779. The largest absolute Gasteiger partial charge is 0.508 e. The Labute approximate surface area is 435 Å². The molecule has 4 heterocycles. The van der Waals surface area contributed by atoms with E-state index in [2.05, 4.69) is 0 Å². The molecule has 5 aromatic rings. The molecular formula is C52H55O25+. The van der Waals surface area contributed by atoms with Gasteiger partial charge in [-0.2, -0.15) is 0 Å². The van der Waals surface area contributed by atoms with Crippen LogP contribution in [0.15, 0.2) is 101 Å². The van der Waals surface area contributed by atoms with Gasteiger partial charge in [0.15, 0.2) is 23.9 Å². The number of esters is 2. The average Bonchev–Trinajstić information content (AvgIpc) is 3.46. The van der Waals surface area contributed by atoms with E-state index in [1.54, 1.807) is 0 Å². The topological polar surface area (TPSA) is 392 Å². The van der Waals surface area contributed by atoms with Crippen molar-refractivity contribution in [2.45, 2.75) is 92.1 Å². The van der Waals surface area contributed by atoms with Crippen LogP contribution in [0.5, 0.6) is 40.2 Å². The second-order valence-corrected chi connectivity index (χ2v) is 17.9. The first-order chi connectivity index (χ1) is 36.8. The third-order valence-corrected chi connectivity index (χ3v) is 12.6. The molecule has 3 saturated heterocycles. The summed E-state index contributed by atoms with van der Waals surface area (Å²) in [4.78, 5) is 25.7. The lowest BCUT2D eigenvalue weighted by molar-refractivity contribution is -0.358. The minimum atomic E-state index is -2.11. The van der Waals surface area contributed by atoms with Crippen LogP contribution in [0.2, 0.25) is 0 Å². The molecule has 0 amide bonds. The molecule has 1 aromatic heterocycles. The van der Waals surface area contributed by atoms with Gasteiger partial charge in [0.2, 0.25) is 18.3 Å². The van der Waals surface area contributed by atoms with Crippen LogP contribution in [-0.2, 0) is 38.0 Å². The van der Waals surface area contributed by atoms with E-state index in [-0.39, 0.29) is 56.8 Å². The van der Waals surface area contributed by atoms with E-state index in [1.165, 1.54) is 92.1 Å². The van der Waals surface area contributed by atoms with E-state index in [4.69, 9.17) is 47.0 Å². The van der Waals surface area contributed by atoms with Gasteiger partial charge in [-0.05, 0) is 71.8 Å². The van der Waals surface area contributed by atoms with Gasteiger partial charge in [0.25, 0.3) is 0 Å². The van der Waals surface area contributed by atoms with E-state index >= 15 is 0 Å². The highest BCUT2D eigenvalue weighted by molar-refractivity contribution is 5.89. The molecule has 412 valence electrons. The number of carbonyl (C=O) groups excluding carboxylic acids is 2. The van der Waals surface area contributed by atoms with Crippen molar-refractivity contribution < 1.29 is 123 Å². The van der Waals surface area contributed by atoms with Crippen LogP contribution >= 0.6 is 0 Å². The van der Waals surface area contributed by atoms with Gasteiger partial charge >= 0.3 is 23.3 Å². The number of aliphatic hydroxyl groups excluding tert-OH is 9. The Hall–Kier alpha value is -7.21. The zero-order valence-corrected chi connectivity index (χ0v) is 40.4. The Morgan fingerprint density at radius 2 is 1.08 bits per heavy atom. The van der Waals surface area contributed by atoms with Gasteiger partial charge < -0.3 is 109 Å². The van der Waals surface area contributed by atoms with Gasteiger partial charge in [0.1, 0.15) is 109 Å². The van der Waals surface area contributed by atoms with Crippen molar-refractivity contribution >= 4 is 35.1 Å². The lowest BCUT2D eigenvalue weighted by Gasteiger charge is -2.45. The molecule has 0 aliphatic carbocycles. The number of carbonyl (C=O) groups is 2. The molecule has 0 radical (unpaired) electrons. The van der Waals surface area contributed by atoms with Crippen molar-refractivity contribution in [2.75, 3.05) is 26.9 Å². The standard InChI is InChI=1S/C52H54O25/c1-68-33-16-24(4-13-30(33)57)6-15-39(59)69-21-36-41(61)44(64)47(67)51(75-36)77-49-45(65)42(62)37(22-70-38(58)14-5-23-2-9-26(54)10-3-23)76-52(49)73-34-19-29-31(71-48(34)25-7-11-27(55)12-8-25)17-28(56)18-32(29)72-50-46(66)43(63)40(60)35(20-53)74-50/h2-19,35-37,40-47,49-53,60-67H,20-22H2,1H3,(H3-,54,55,56,57,58,59)/p+1. The number of phenols is 4. The van der Waals surface area contributed by atoms with Gasteiger partial charge in [-0.1, -0.05) is 18.2 Å². The highest BCUT2D eigenvalue weighted by atomic mass is 16.8. The Kier molecular flexibility index (Phi) is 17.8. The monoisotopic (exact) mass is 1080 g/mol. The Morgan fingerprint density at radius 3 is 1.70 bits per heavy atom. The second kappa shape index (κ2) is 24.4. The van der Waals surface area contributed by atoms with Crippen LogP contribution < -0.4 is 14.2 Å². The molecule has 25 nitrogen and oxygen atoms in total. The summed E-state index contributed by atoms with van der Waals surface area (Å²) in [6.45, 7) is -2.29. The number of hydrogen-bond acceptors (Lipinski definition) is 24. The molecule has 15 atom stereocenters. The van der Waals surface area contributed by atoms with Crippen molar-refractivity contribution in [3.63, 3.8) is 0 Å². The van der Waals surface area contributed by atoms with Crippen molar-refractivity contribution in [3.05, 3.63) is 108 Å². The first-order valence-electron chi connectivity index (χ1n) is 23.6. The van der Waals surface area contributed by atoms with Gasteiger partial charge in [-0.25, -0.2) is 14.0 Å². The first-order valence-corrected chi connectivity index (χ1v) is 23.6. The van der Waals surface area contributed by atoms with E-state index in [1.807, 2.05) is 0 Å². The molecule has 3 fully saturated rings. The summed E-state index contributed by atoms with van der Waals surface area (Å²) >= 11 is 0. The molecule has 25 heteroatoms. The number of ether oxygens (including phenoxy) is 9. The lowest BCUT2D eigenvalue weighted by Crippen LogP contribution is -2.65. The van der Waals surface area contributed by atoms with Gasteiger partial charge in [0.05, 0.1) is 25.3 Å². The van der Waals surface area contributed by atoms with Crippen LogP contribution in [0.1, 0.15) is 11.1 Å². The van der Waals surface area contributed by atoms with E-state index in [9.17, 15) is 76.0 Å². The number of fused-ring (bicyclic) bond motifs is 1. The summed E-state index contributed by atoms with van der Waals surface area (Å²) in [7, 11) is 1.33. The summed E-state index contributed by atoms with van der Waals surface area (Å²) in [5.74, 6) is -3.37. The summed E-state index contributed by atoms with van der Waals surface area (Å²) in [6.07, 6.45) is -23.3. The number of rotatable bonds is 17. The maximum atomic E-state index is 12.9. The van der Waals surface area contributed by atoms with E-state index in [0.717, 1.165) is 24.3 Å². The van der Waals surface area contributed by atoms with Crippen LogP contribution in [0.3, 0.4) is 0 Å². The molecule has 77 heavy (non-hydrogen) atoms. The molecule has 13 N–H and O–H groups in total. The lowest BCUT2D eigenvalue weighted by atomic mass is 9.97. The minimum absolute atomic E-state index is 0.0165. The fourth-order valence-corrected chi connectivity index (χ4v) is 8.33. The van der Waals surface area contributed by atoms with Crippen LogP contribution in [0.25, 0.3) is 34.4 Å². The molecule has 0 saturated carbocycles. The Bertz CT molecular complexity index is 2890. The van der Waals surface area contributed by atoms with Crippen molar-refractivity contribution in [1.82, 2.24) is 0 Å². The zero-order chi connectivity index (χ0) is 55.2. The van der Waals surface area contributed by atoms with E-state index in [0.29, 0.717) is 11.1 Å². The van der Waals surface area contributed by atoms with Crippen molar-refractivity contribution in [1.29, 1.82) is 0 Å². The Balaban J connectivity index is 1.11. The fraction of sp³-hybridized carbons (Fsp3) is 0.365. The zero-order valence-electron chi connectivity index (χ0n) is 40.4. The number of aromatic hydroxyl groups is 4. The molecule has 3 aliphatic heterocycles. The fourth-order valence-electron chi connectivity index (χ4n) is 8.33. The summed E-state index contributed by atoms with van der Waals surface area (Å²) < 4.78 is 57.9. The molecule has 8 rings (SSSR count). The maximum Gasteiger partial charge on any atom is 0.402 e. The normalized spacial score (nSPS) is 29.6. The average molecular weight is 1080 g/mol. The third-order valence-electron chi connectivity index (χ3n) is 12.6. The summed E-state index contributed by atoms with van der Waals surface area (Å²) in [5.41, 5.74) is 1.000. The van der Waals surface area contributed by atoms with Crippen LogP contribution in [0.4, 0.5) is 0 Å². The molecule has 3 aliphatic rings. The predicted molar refractivity (Wildman–Crippen MR) is 259 cm³/mol. The number of aliphatic hydroxyl groups is 9. The molecule has 0 bridgehead atoms.